The average Bonchev–Trinajstić information content (AvgIpc) is 2.87. The number of carbonyl (C=O) groups excluding carboxylic acids is 1. The highest BCUT2D eigenvalue weighted by molar-refractivity contribution is 5.84. The van der Waals surface area contributed by atoms with Gasteiger partial charge in [-0.25, -0.2) is 4.79 Å². The summed E-state index contributed by atoms with van der Waals surface area (Å²) in [6, 6.07) is 15.2. The first kappa shape index (κ1) is 26.3. The first-order valence-electron chi connectivity index (χ1n) is 10.9. The van der Waals surface area contributed by atoms with E-state index >= 15 is 4.39 Å². The van der Waals surface area contributed by atoms with Crippen molar-refractivity contribution in [3.63, 3.8) is 0 Å². The Labute approximate surface area is 206 Å². The number of anilines is 1. The van der Waals surface area contributed by atoms with Gasteiger partial charge in [-0.15, -0.1) is 0 Å². The molecule has 36 heavy (non-hydrogen) atoms. The Bertz CT molecular complexity index is 1290. The Morgan fingerprint density at radius 1 is 1.08 bits per heavy atom. The van der Waals surface area contributed by atoms with Crippen LogP contribution < -0.4 is 14.4 Å². The molecule has 0 radical (unpaired) electrons. The van der Waals surface area contributed by atoms with Crippen LogP contribution in [0.15, 0.2) is 48.5 Å². The Kier molecular flexibility index (Phi) is 8.04. The van der Waals surface area contributed by atoms with Crippen molar-refractivity contribution in [1.82, 2.24) is 4.98 Å². The van der Waals surface area contributed by atoms with Crippen molar-refractivity contribution in [1.29, 1.82) is 5.26 Å². The van der Waals surface area contributed by atoms with Gasteiger partial charge < -0.3 is 19.1 Å². The molecule has 3 aromatic rings. The summed E-state index contributed by atoms with van der Waals surface area (Å²) in [5.41, 5.74) is -1.46. The fourth-order valence-electron chi connectivity index (χ4n) is 3.18. The summed E-state index contributed by atoms with van der Waals surface area (Å²) in [7, 11) is 1.21. The molecule has 2 aromatic carbocycles. The number of hydrogen-bond donors (Lipinski definition) is 0. The molecule has 0 bridgehead atoms. The van der Waals surface area contributed by atoms with Crippen LogP contribution in [0.3, 0.4) is 0 Å². The lowest BCUT2D eigenvalue weighted by atomic mass is 10.0. The van der Waals surface area contributed by atoms with Crippen molar-refractivity contribution in [3.05, 3.63) is 77.2 Å². The van der Waals surface area contributed by atoms with E-state index in [9.17, 15) is 18.8 Å². The van der Waals surface area contributed by atoms with Gasteiger partial charge in [-0.05, 0) is 38.5 Å². The van der Waals surface area contributed by atoms with Crippen LogP contribution in [0, 0.1) is 28.9 Å². The van der Waals surface area contributed by atoms with Crippen molar-refractivity contribution >= 4 is 11.7 Å². The third kappa shape index (κ3) is 5.51. The third-order valence-electron chi connectivity index (χ3n) is 5.45. The minimum Gasteiger partial charge on any atom is -0.485 e. The van der Waals surface area contributed by atoms with Crippen molar-refractivity contribution in [2.75, 3.05) is 18.6 Å². The number of likely N-dealkylation sites (N-methyl/N-ethyl adjacent to an activating group) is 1. The van der Waals surface area contributed by atoms with Crippen molar-refractivity contribution in [3.8, 4) is 23.4 Å². The number of carbonyl (C=O) groups is 1. The first-order valence-corrected chi connectivity index (χ1v) is 10.9. The monoisotopic (exact) mass is 499 g/mol. The van der Waals surface area contributed by atoms with Gasteiger partial charge >= 0.3 is 5.97 Å². The highest BCUT2D eigenvalue weighted by Gasteiger charge is 2.38. The van der Waals surface area contributed by atoms with E-state index in [2.05, 4.69) is 4.98 Å². The summed E-state index contributed by atoms with van der Waals surface area (Å²) < 4.78 is 60.9. The third-order valence-corrected chi connectivity index (χ3v) is 5.45. The maximum absolute atomic E-state index is 15.5. The van der Waals surface area contributed by atoms with Gasteiger partial charge in [-0.1, -0.05) is 30.3 Å². The predicted octanol–water partition coefficient (Wildman–Crippen LogP) is 5.52. The Hall–Kier alpha value is -4.26. The number of pyridine rings is 1. The normalized spacial score (nSPS) is 10.9. The van der Waals surface area contributed by atoms with E-state index in [1.165, 1.54) is 39.1 Å². The van der Waals surface area contributed by atoms with E-state index < -0.39 is 40.7 Å². The minimum atomic E-state index is -1.64. The maximum atomic E-state index is 15.5. The predicted molar refractivity (Wildman–Crippen MR) is 125 cm³/mol. The molecule has 7 nitrogen and oxygen atoms in total. The van der Waals surface area contributed by atoms with Gasteiger partial charge in [-0.3, -0.25) is 0 Å². The summed E-state index contributed by atoms with van der Waals surface area (Å²) in [6.07, 6.45) is 0. The number of nitrogens with zero attached hydrogens (tertiary/aromatic N) is 3. The van der Waals surface area contributed by atoms with Crippen LogP contribution in [0.5, 0.6) is 17.4 Å². The largest absolute Gasteiger partial charge is 0.485 e. The number of aromatic nitrogens is 1. The first-order chi connectivity index (χ1) is 17.1. The summed E-state index contributed by atoms with van der Waals surface area (Å²) >= 11 is 0. The molecule has 1 aromatic heterocycles. The van der Waals surface area contributed by atoms with Crippen LogP contribution in [0.4, 0.5) is 18.9 Å². The number of hydrogen-bond acceptors (Lipinski definition) is 7. The quantitative estimate of drug-likeness (QED) is 0.283. The van der Waals surface area contributed by atoms with E-state index in [-0.39, 0.29) is 30.3 Å². The van der Waals surface area contributed by atoms with Gasteiger partial charge in [0.25, 0.3) is 11.8 Å². The molecule has 0 aliphatic heterocycles. The fourth-order valence-corrected chi connectivity index (χ4v) is 3.18. The molecule has 0 unspecified atom stereocenters. The molecule has 1 heterocycles. The topological polar surface area (TPSA) is 84.7 Å². The molecule has 0 spiro atoms. The molecule has 10 heteroatoms. The standard InChI is InChI=1S/C26H24F3N3O4/c1-5-34-25(33)26(2,3)32(4)22-20(27)23(29)31-24(21(22)28)36-19-13-17(14-30)11-12-18(19)35-15-16-9-7-6-8-10-16/h6-13H,5,15H2,1-4H3. The lowest BCUT2D eigenvalue weighted by Crippen LogP contribution is -2.50. The number of nitriles is 1. The molecule has 0 amide bonds. The van der Waals surface area contributed by atoms with Crippen LogP contribution in [-0.4, -0.2) is 30.1 Å². The SMILES string of the molecule is CCOC(=O)C(C)(C)N(C)c1c(F)c(F)nc(Oc2cc(C#N)ccc2OCc2ccccc2)c1F. The summed E-state index contributed by atoms with van der Waals surface area (Å²) in [6.45, 7) is 4.49. The highest BCUT2D eigenvalue weighted by Crippen LogP contribution is 2.38. The van der Waals surface area contributed by atoms with Crippen LogP contribution >= 0.6 is 0 Å². The smallest absolute Gasteiger partial charge is 0.331 e. The highest BCUT2D eigenvalue weighted by atomic mass is 19.2. The number of halogens is 3. The molecule has 0 fully saturated rings. The van der Waals surface area contributed by atoms with Crippen molar-refractivity contribution in [2.24, 2.45) is 0 Å². The molecule has 0 aliphatic carbocycles. The molecule has 0 saturated carbocycles. The molecular formula is C26H24F3N3O4. The Balaban J connectivity index is 2.01. The van der Waals surface area contributed by atoms with Crippen molar-refractivity contribution in [2.45, 2.75) is 32.9 Å². The van der Waals surface area contributed by atoms with E-state index in [0.717, 1.165) is 10.5 Å². The van der Waals surface area contributed by atoms with E-state index in [1.807, 2.05) is 36.4 Å². The number of esters is 1. The zero-order valence-electron chi connectivity index (χ0n) is 20.1. The van der Waals surface area contributed by atoms with Gasteiger partial charge in [0.2, 0.25) is 11.6 Å². The van der Waals surface area contributed by atoms with E-state index in [1.54, 1.807) is 6.92 Å². The molecule has 0 N–H and O–H groups in total. The number of rotatable bonds is 9. The van der Waals surface area contributed by atoms with Crippen molar-refractivity contribution < 1.29 is 32.2 Å². The molecular weight excluding hydrogens is 475 g/mol. The zero-order valence-corrected chi connectivity index (χ0v) is 20.1. The van der Waals surface area contributed by atoms with Gasteiger partial charge in [0.15, 0.2) is 11.5 Å². The van der Waals surface area contributed by atoms with Crippen LogP contribution in [-0.2, 0) is 16.1 Å². The molecule has 188 valence electrons. The summed E-state index contributed by atoms with van der Waals surface area (Å²) in [5.74, 6) is -6.31. The fraction of sp³-hybridized carbons (Fsp3) is 0.269. The van der Waals surface area contributed by atoms with Gasteiger partial charge in [-0.2, -0.15) is 23.4 Å². The number of benzene rings is 2. The Morgan fingerprint density at radius 2 is 1.78 bits per heavy atom. The lowest BCUT2D eigenvalue weighted by molar-refractivity contribution is -0.148. The van der Waals surface area contributed by atoms with Crippen LogP contribution in [0.1, 0.15) is 31.9 Å². The van der Waals surface area contributed by atoms with E-state index in [0.29, 0.717) is 0 Å². The second-order valence-electron chi connectivity index (χ2n) is 8.17. The minimum absolute atomic E-state index is 0.0428. The zero-order chi connectivity index (χ0) is 26.5. The second-order valence-corrected chi connectivity index (χ2v) is 8.17. The molecule has 0 saturated heterocycles. The molecule has 0 aliphatic rings. The van der Waals surface area contributed by atoms with Crippen LogP contribution in [0.25, 0.3) is 0 Å². The molecule has 3 rings (SSSR count). The van der Waals surface area contributed by atoms with E-state index in [4.69, 9.17) is 14.2 Å². The Morgan fingerprint density at radius 3 is 2.42 bits per heavy atom. The van der Waals surface area contributed by atoms with Gasteiger partial charge in [0.05, 0.1) is 18.2 Å². The summed E-state index contributed by atoms with van der Waals surface area (Å²) in [4.78, 5) is 16.5. The van der Waals surface area contributed by atoms with Crippen LogP contribution in [0.2, 0.25) is 0 Å². The second kappa shape index (κ2) is 11.0. The maximum Gasteiger partial charge on any atom is 0.331 e. The lowest BCUT2D eigenvalue weighted by Gasteiger charge is -2.35. The average molecular weight is 499 g/mol. The number of ether oxygens (including phenoxy) is 3. The van der Waals surface area contributed by atoms with Gasteiger partial charge in [0, 0.05) is 13.1 Å². The van der Waals surface area contributed by atoms with Gasteiger partial charge in [0.1, 0.15) is 17.8 Å². The molecule has 0 atom stereocenters. The summed E-state index contributed by atoms with van der Waals surface area (Å²) in [5, 5.41) is 9.27.